The Morgan fingerprint density at radius 1 is 0.394 bits per heavy atom. The molecule has 0 aliphatic heterocycles. The first-order chi connectivity index (χ1) is 32.5. The van der Waals surface area contributed by atoms with Crippen molar-refractivity contribution < 1.29 is 0 Å². The highest BCUT2D eigenvalue weighted by molar-refractivity contribution is 5.95. The van der Waals surface area contributed by atoms with E-state index in [0.29, 0.717) is 11.8 Å². The largest absolute Gasteiger partial charge is 0.310 e. The summed E-state index contributed by atoms with van der Waals surface area (Å²) in [5, 5.41) is 0. The molecule has 324 valence electrons. The Balaban J connectivity index is 0.931. The van der Waals surface area contributed by atoms with Crippen LogP contribution in [0.5, 0.6) is 0 Å². The molecule has 2 spiro atoms. The van der Waals surface area contributed by atoms with Gasteiger partial charge in [-0.1, -0.05) is 185 Å². The lowest BCUT2D eigenvalue weighted by Gasteiger charge is -2.54. The quantitative estimate of drug-likeness (QED) is 0.161. The van der Waals surface area contributed by atoms with Crippen molar-refractivity contribution in [3.63, 3.8) is 0 Å². The SMILES string of the molecule is C[C@@H]1CC2C[C@H](C1)[C@@]1(c3ccccc3-c3c(-c4cccc(N(c5ccc(-c6ccccc6)cc5)c5ccc(-c6cccc7c6-c6ccccc6C76CCCCC6)cc5)c4)cccc31)[C@@H](C)C2. The molecule has 5 aliphatic rings. The molecule has 0 N–H and O–H groups in total. The van der Waals surface area contributed by atoms with E-state index in [1.165, 1.54) is 113 Å². The lowest BCUT2D eigenvalue weighted by atomic mass is 9.49. The van der Waals surface area contributed by atoms with Gasteiger partial charge in [0.25, 0.3) is 0 Å². The Morgan fingerprint density at radius 3 is 1.68 bits per heavy atom. The minimum absolute atomic E-state index is 0.0664. The van der Waals surface area contributed by atoms with Crippen molar-refractivity contribution in [2.75, 3.05) is 4.90 Å². The van der Waals surface area contributed by atoms with Gasteiger partial charge in [0.15, 0.2) is 0 Å². The molecular formula is C65H59N. The van der Waals surface area contributed by atoms with Crippen molar-refractivity contribution >= 4 is 17.1 Å². The first-order valence-electron chi connectivity index (χ1n) is 25.1. The van der Waals surface area contributed by atoms with Crippen molar-refractivity contribution in [3.8, 4) is 55.6 Å². The van der Waals surface area contributed by atoms with Crippen molar-refractivity contribution in [1.82, 2.24) is 0 Å². The van der Waals surface area contributed by atoms with Crippen LogP contribution in [0.2, 0.25) is 0 Å². The molecule has 1 nitrogen and oxygen atoms in total. The van der Waals surface area contributed by atoms with Crippen LogP contribution < -0.4 is 4.90 Å². The summed E-state index contributed by atoms with van der Waals surface area (Å²) in [4.78, 5) is 2.47. The number of benzene rings is 8. The first kappa shape index (κ1) is 39.9. The fraction of sp³-hybridized carbons (Fsp3) is 0.262. The van der Waals surface area contributed by atoms with Crippen LogP contribution in [0, 0.1) is 23.7 Å². The van der Waals surface area contributed by atoms with E-state index in [-0.39, 0.29) is 10.8 Å². The second-order valence-electron chi connectivity index (χ2n) is 20.9. The highest BCUT2D eigenvalue weighted by Gasteiger charge is 2.57. The summed E-state index contributed by atoms with van der Waals surface area (Å²) in [6, 6.07) is 71.9. The molecule has 3 saturated carbocycles. The number of nitrogens with zero attached hydrogens (tertiary/aromatic N) is 1. The average molecular weight is 854 g/mol. The van der Waals surface area contributed by atoms with Crippen LogP contribution in [0.4, 0.5) is 17.1 Å². The highest BCUT2D eigenvalue weighted by atomic mass is 15.1. The number of rotatable bonds is 6. The lowest BCUT2D eigenvalue weighted by molar-refractivity contribution is 0.0426. The van der Waals surface area contributed by atoms with E-state index in [2.05, 4.69) is 207 Å². The van der Waals surface area contributed by atoms with Crippen molar-refractivity contribution in [3.05, 3.63) is 210 Å². The predicted molar refractivity (Wildman–Crippen MR) is 277 cm³/mol. The van der Waals surface area contributed by atoms with Crippen LogP contribution >= 0.6 is 0 Å². The Morgan fingerprint density at radius 2 is 0.939 bits per heavy atom. The van der Waals surface area contributed by atoms with E-state index in [1.807, 2.05) is 0 Å². The summed E-state index contributed by atoms with van der Waals surface area (Å²) >= 11 is 0. The lowest BCUT2D eigenvalue weighted by Crippen LogP contribution is -2.49. The summed E-state index contributed by atoms with van der Waals surface area (Å²) in [5.74, 6) is 2.93. The maximum atomic E-state index is 2.58. The third kappa shape index (κ3) is 5.97. The van der Waals surface area contributed by atoms with Gasteiger partial charge in [-0.25, -0.2) is 0 Å². The van der Waals surface area contributed by atoms with Crippen LogP contribution in [-0.4, -0.2) is 0 Å². The zero-order valence-electron chi connectivity index (χ0n) is 38.5. The topological polar surface area (TPSA) is 3.24 Å². The Labute approximate surface area is 392 Å². The first-order valence-corrected chi connectivity index (χ1v) is 25.1. The Hall–Kier alpha value is -6.44. The molecule has 0 amide bonds. The summed E-state index contributed by atoms with van der Waals surface area (Å²) < 4.78 is 0. The fourth-order valence-corrected chi connectivity index (χ4v) is 14.9. The van der Waals surface area contributed by atoms with Gasteiger partial charge in [0, 0.05) is 27.9 Å². The van der Waals surface area contributed by atoms with Crippen LogP contribution in [0.1, 0.15) is 93.9 Å². The molecule has 0 aromatic heterocycles. The molecule has 8 aromatic rings. The van der Waals surface area contributed by atoms with Gasteiger partial charge in [0.1, 0.15) is 0 Å². The summed E-state index contributed by atoms with van der Waals surface area (Å²) in [6.07, 6.45) is 11.8. The molecule has 3 fully saturated rings. The van der Waals surface area contributed by atoms with Gasteiger partial charge in [-0.05, 0) is 176 Å². The number of hydrogen-bond acceptors (Lipinski definition) is 1. The zero-order chi connectivity index (χ0) is 44.0. The molecule has 1 unspecified atom stereocenters. The van der Waals surface area contributed by atoms with Gasteiger partial charge in [-0.15, -0.1) is 0 Å². The van der Waals surface area contributed by atoms with Crippen molar-refractivity contribution in [2.24, 2.45) is 23.7 Å². The molecule has 13 rings (SSSR count). The predicted octanol–water partition coefficient (Wildman–Crippen LogP) is 17.7. The Kier molecular flexibility index (Phi) is 9.42. The van der Waals surface area contributed by atoms with E-state index in [9.17, 15) is 0 Å². The number of hydrogen-bond donors (Lipinski definition) is 0. The zero-order valence-corrected chi connectivity index (χ0v) is 38.5. The van der Waals surface area contributed by atoms with Gasteiger partial charge >= 0.3 is 0 Å². The third-order valence-corrected chi connectivity index (χ3v) is 17.4. The number of fused-ring (bicyclic) bond motifs is 13. The normalized spacial score (nSPS) is 22.9. The third-order valence-electron chi connectivity index (χ3n) is 17.4. The second-order valence-corrected chi connectivity index (χ2v) is 20.9. The van der Waals surface area contributed by atoms with Gasteiger partial charge in [0.2, 0.25) is 0 Å². The summed E-state index contributed by atoms with van der Waals surface area (Å²) in [7, 11) is 0. The second kappa shape index (κ2) is 15.6. The molecular weight excluding hydrogens is 795 g/mol. The van der Waals surface area contributed by atoms with Gasteiger partial charge < -0.3 is 4.90 Å². The van der Waals surface area contributed by atoms with Gasteiger partial charge in [0.05, 0.1) is 0 Å². The molecule has 0 heterocycles. The van der Waals surface area contributed by atoms with E-state index in [4.69, 9.17) is 0 Å². The van der Waals surface area contributed by atoms with E-state index < -0.39 is 0 Å². The molecule has 5 atom stereocenters. The molecule has 1 heteroatoms. The van der Waals surface area contributed by atoms with Crippen molar-refractivity contribution in [1.29, 1.82) is 0 Å². The number of anilines is 3. The van der Waals surface area contributed by atoms with Gasteiger partial charge in [-0.2, -0.15) is 0 Å². The Bertz CT molecular complexity index is 3110. The maximum absolute atomic E-state index is 2.58. The fourth-order valence-electron chi connectivity index (χ4n) is 14.9. The van der Waals surface area contributed by atoms with E-state index >= 15 is 0 Å². The monoisotopic (exact) mass is 853 g/mol. The minimum Gasteiger partial charge on any atom is -0.310 e. The molecule has 0 radical (unpaired) electrons. The molecule has 0 saturated heterocycles. The molecule has 2 bridgehead atoms. The minimum atomic E-state index is 0.0664. The molecule has 66 heavy (non-hydrogen) atoms. The van der Waals surface area contributed by atoms with Crippen LogP contribution in [0.25, 0.3) is 55.6 Å². The van der Waals surface area contributed by atoms with Crippen LogP contribution in [-0.2, 0) is 10.8 Å². The standard InChI is InChI=1S/C65H59N/c1-43-38-45-40-44(2)65(50(39-43)41-45)59-25-10-8-21-57(59)63-55(23-15-27-61(63)65)49-18-13-19-53(42-49)66(51-32-28-47(29-33-51)46-16-5-3-6-17-46)52-34-30-48(31-35-52)54-22-14-26-60-62(54)56-20-7-9-24-58(56)64(60)36-11-4-12-37-64/h3,5-10,13-35,42-45,50H,4,11-12,36-41H2,1-2H3/t43-,44+,45?,50+,65-/m1/s1. The van der Waals surface area contributed by atoms with E-state index in [0.717, 1.165) is 28.9 Å². The summed E-state index contributed by atoms with van der Waals surface area (Å²) in [5.41, 5.74) is 23.4. The summed E-state index contributed by atoms with van der Waals surface area (Å²) in [6.45, 7) is 5.09. The van der Waals surface area contributed by atoms with Gasteiger partial charge in [-0.3, -0.25) is 0 Å². The highest BCUT2D eigenvalue weighted by Crippen LogP contribution is 2.66. The van der Waals surface area contributed by atoms with Crippen LogP contribution in [0.3, 0.4) is 0 Å². The maximum Gasteiger partial charge on any atom is 0.0467 e. The van der Waals surface area contributed by atoms with Crippen molar-refractivity contribution in [2.45, 2.75) is 82.5 Å². The molecule has 8 aromatic carbocycles. The molecule has 5 aliphatic carbocycles. The smallest absolute Gasteiger partial charge is 0.0467 e. The van der Waals surface area contributed by atoms with E-state index in [1.54, 1.807) is 22.3 Å². The van der Waals surface area contributed by atoms with Crippen LogP contribution in [0.15, 0.2) is 188 Å². The average Bonchev–Trinajstić information content (AvgIpc) is 3.82.